The molecule has 2 aliphatic heterocycles. The Labute approximate surface area is 146 Å². The fourth-order valence-electron chi connectivity index (χ4n) is 4.08. The Kier molecular flexibility index (Phi) is 5.57. The molecule has 24 heavy (non-hydrogen) atoms. The highest BCUT2D eigenvalue weighted by Crippen LogP contribution is 2.27. The summed E-state index contributed by atoms with van der Waals surface area (Å²) >= 11 is 0. The standard InChI is InChI=1S/C20H31N3O/c1-16-11-23(12-17-7-4-3-5-8-17)13-18(16)19(24)22-15-20(2)9-6-10-21-14-20/h3-5,7-8,16,18,21H,6,9-15H2,1-2H3,(H,22,24). The highest BCUT2D eigenvalue weighted by molar-refractivity contribution is 5.79. The van der Waals surface area contributed by atoms with E-state index in [2.05, 4.69) is 53.6 Å². The molecule has 2 aliphatic rings. The van der Waals surface area contributed by atoms with Crippen molar-refractivity contribution in [3.8, 4) is 0 Å². The van der Waals surface area contributed by atoms with Crippen LogP contribution in [0.2, 0.25) is 0 Å². The van der Waals surface area contributed by atoms with Crippen molar-refractivity contribution in [2.45, 2.75) is 33.2 Å². The maximum Gasteiger partial charge on any atom is 0.224 e. The second-order valence-electron chi connectivity index (χ2n) is 8.07. The fourth-order valence-corrected chi connectivity index (χ4v) is 4.08. The Balaban J connectivity index is 1.50. The van der Waals surface area contributed by atoms with Crippen LogP contribution in [-0.4, -0.2) is 43.5 Å². The summed E-state index contributed by atoms with van der Waals surface area (Å²) in [5, 5.41) is 6.70. The van der Waals surface area contributed by atoms with Crippen LogP contribution >= 0.6 is 0 Å². The summed E-state index contributed by atoms with van der Waals surface area (Å²) in [4.78, 5) is 15.1. The van der Waals surface area contributed by atoms with Crippen molar-refractivity contribution < 1.29 is 4.79 Å². The van der Waals surface area contributed by atoms with E-state index in [0.29, 0.717) is 5.92 Å². The molecule has 3 unspecified atom stereocenters. The molecule has 3 atom stereocenters. The van der Waals surface area contributed by atoms with Gasteiger partial charge in [0.05, 0.1) is 5.92 Å². The van der Waals surface area contributed by atoms with Crippen LogP contribution in [0.4, 0.5) is 0 Å². The zero-order valence-corrected chi connectivity index (χ0v) is 15.1. The molecule has 2 saturated heterocycles. The number of carbonyl (C=O) groups excluding carboxylic acids is 1. The molecule has 2 heterocycles. The van der Waals surface area contributed by atoms with Gasteiger partial charge in [-0.2, -0.15) is 0 Å². The van der Waals surface area contributed by atoms with Crippen molar-refractivity contribution in [2.75, 3.05) is 32.7 Å². The molecule has 0 spiro atoms. The normalized spacial score (nSPS) is 31.1. The molecule has 132 valence electrons. The third kappa shape index (κ3) is 4.37. The number of hydrogen-bond donors (Lipinski definition) is 2. The highest BCUT2D eigenvalue weighted by Gasteiger charge is 2.35. The molecular formula is C20H31N3O. The highest BCUT2D eigenvalue weighted by atomic mass is 16.2. The van der Waals surface area contributed by atoms with Crippen molar-refractivity contribution in [3.63, 3.8) is 0 Å². The van der Waals surface area contributed by atoms with Gasteiger partial charge in [-0.15, -0.1) is 0 Å². The summed E-state index contributed by atoms with van der Waals surface area (Å²) in [5.41, 5.74) is 1.53. The largest absolute Gasteiger partial charge is 0.355 e. The Morgan fingerprint density at radius 2 is 2.12 bits per heavy atom. The maximum atomic E-state index is 12.7. The lowest BCUT2D eigenvalue weighted by Crippen LogP contribution is -2.47. The third-order valence-electron chi connectivity index (χ3n) is 5.65. The minimum atomic E-state index is 0.119. The van der Waals surface area contributed by atoms with Gasteiger partial charge in [-0.1, -0.05) is 44.2 Å². The van der Waals surface area contributed by atoms with E-state index in [1.807, 2.05) is 6.07 Å². The van der Waals surface area contributed by atoms with Crippen LogP contribution in [0.15, 0.2) is 30.3 Å². The van der Waals surface area contributed by atoms with Crippen LogP contribution in [-0.2, 0) is 11.3 Å². The topological polar surface area (TPSA) is 44.4 Å². The second-order valence-corrected chi connectivity index (χ2v) is 8.07. The van der Waals surface area contributed by atoms with Crippen LogP contribution in [0.1, 0.15) is 32.3 Å². The van der Waals surface area contributed by atoms with Crippen molar-refractivity contribution >= 4 is 5.91 Å². The summed E-state index contributed by atoms with van der Waals surface area (Å²) in [6.45, 7) is 10.2. The first kappa shape index (κ1) is 17.4. The van der Waals surface area contributed by atoms with E-state index >= 15 is 0 Å². The lowest BCUT2D eigenvalue weighted by Gasteiger charge is -2.34. The Morgan fingerprint density at radius 1 is 1.33 bits per heavy atom. The molecule has 1 amide bonds. The second kappa shape index (κ2) is 7.66. The van der Waals surface area contributed by atoms with Crippen LogP contribution in [0, 0.1) is 17.3 Å². The fraction of sp³-hybridized carbons (Fsp3) is 0.650. The Morgan fingerprint density at radius 3 is 2.83 bits per heavy atom. The molecule has 0 saturated carbocycles. The minimum absolute atomic E-state index is 0.119. The lowest BCUT2D eigenvalue weighted by atomic mass is 9.82. The quantitative estimate of drug-likeness (QED) is 0.871. The molecule has 0 aliphatic carbocycles. The predicted molar refractivity (Wildman–Crippen MR) is 97.6 cm³/mol. The lowest BCUT2D eigenvalue weighted by molar-refractivity contribution is -0.126. The molecule has 0 bridgehead atoms. The molecule has 0 radical (unpaired) electrons. The zero-order chi connectivity index (χ0) is 17.0. The van der Waals surface area contributed by atoms with E-state index in [9.17, 15) is 4.79 Å². The smallest absolute Gasteiger partial charge is 0.224 e. The van der Waals surface area contributed by atoms with Crippen molar-refractivity contribution in [2.24, 2.45) is 17.3 Å². The summed E-state index contributed by atoms with van der Waals surface area (Å²) in [7, 11) is 0. The summed E-state index contributed by atoms with van der Waals surface area (Å²) in [6, 6.07) is 10.5. The van der Waals surface area contributed by atoms with Gasteiger partial charge < -0.3 is 10.6 Å². The molecule has 2 fully saturated rings. The van der Waals surface area contributed by atoms with Crippen molar-refractivity contribution in [1.29, 1.82) is 0 Å². The van der Waals surface area contributed by atoms with Crippen LogP contribution in [0.5, 0.6) is 0 Å². The number of nitrogens with zero attached hydrogens (tertiary/aromatic N) is 1. The molecule has 0 aromatic heterocycles. The predicted octanol–water partition coefficient (Wildman–Crippen LogP) is 2.26. The number of benzene rings is 1. The molecule has 4 heteroatoms. The first-order valence-electron chi connectivity index (χ1n) is 9.30. The monoisotopic (exact) mass is 329 g/mol. The van der Waals surface area contributed by atoms with Crippen molar-refractivity contribution in [1.82, 2.24) is 15.5 Å². The van der Waals surface area contributed by atoms with Gasteiger partial charge in [0, 0.05) is 32.7 Å². The summed E-state index contributed by atoms with van der Waals surface area (Å²) in [5.74, 6) is 0.782. The van der Waals surface area contributed by atoms with Gasteiger partial charge in [0.25, 0.3) is 0 Å². The summed E-state index contributed by atoms with van der Waals surface area (Å²) < 4.78 is 0. The maximum absolute atomic E-state index is 12.7. The number of hydrogen-bond acceptors (Lipinski definition) is 3. The van der Waals surface area contributed by atoms with E-state index in [0.717, 1.165) is 39.3 Å². The van der Waals surface area contributed by atoms with Gasteiger partial charge in [0.2, 0.25) is 5.91 Å². The summed E-state index contributed by atoms with van der Waals surface area (Å²) in [6.07, 6.45) is 2.40. The van der Waals surface area contributed by atoms with E-state index in [1.54, 1.807) is 0 Å². The first-order valence-corrected chi connectivity index (χ1v) is 9.30. The average molecular weight is 329 g/mol. The number of piperidine rings is 1. The molecular weight excluding hydrogens is 298 g/mol. The van der Waals surface area contributed by atoms with Crippen LogP contribution in [0.25, 0.3) is 0 Å². The number of amides is 1. The van der Waals surface area contributed by atoms with E-state index in [-0.39, 0.29) is 17.2 Å². The first-order chi connectivity index (χ1) is 11.6. The third-order valence-corrected chi connectivity index (χ3v) is 5.65. The number of rotatable bonds is 5. The number of carbonyl (C=O) groups is 1. The molecule has 1 aromatic carbocycles. The SMILES string of the molecule is CC1CN(Cc2ccccc2)CC1C(=O)NCC1(C)CCCNC1. The van der Waals surface area contributed by atoms with Gasteiger partial charge in [-0.3, -0.25) is 9.69 Å². The number of likely N-dealkylation sites (tertiary alicyclic amines) is 1. The average Bonchev–Trinajstić information content (AvgIpc) is 2.95. The Hall–Kier alpha value is -1.39. The van der Waals surface area contributed by atoms with Gasteiger partial charge in [0.1, 0.15) is 0 Å². The van der Waals surface area contributed by atoms with E-state index < -0.39 is 0 Å². The van der Waals surface area contributed by atoms with Crippen LogP contribution < -0.4 is 10.6 Å². The number of nitrogens with one attached hydrogen (secondary N) is 2. The molecule has 4 nitrogen and oxygen atoms in total. The van der Waals surface area contributed by atoms with Gasteiger partial charge in [-0.05, 0) is 36.3 Å². The molecule has 2 N–H and O–H groups in total. The minimum Gasteiger partial charge on any atom is -0.355 e. The van der Waals surface area contributed by atoms with Gasteiger partial charge >= 0.3 is 0 Å². The van der Waals surface area contributed by atoms with Gasteiger partial charge in [0.15, 0.2) is 0 Å². The van der Waals surface area contributed by atoms with E-state index in [4.69, 9.17) is 0 Å². The van der Waals surface area contributed by atoms with Crippen molar-refractivity contribution in [3.05, 3.63) is 35.9 Å². The van der Waals surface area contributed by atoms with E-state index in [1.165, 1.54) is 18.4 Å². The molecule has 3 rings (SSSR count). The van der Waals surface area contributed by atoms with Crippen LogP contribution in [0.3, 0.4) is 0 Å². The Bertz CT molecular complexity index is 539. The van der Waals surface area contributed by atoms with Gasteiger partial charge in [-0.25, -0.2) is 0 Å². The molecule has 1 aromatic rings. The zero-order valence-electron chi connectivity index (χ0n) is 15.1.